The fourth-order valence-electron chi connectivity index (χ4n) is 7.76. The summed E-state index contributed by atoms with van der Waals surface area (Å²) < 4.78 is 36.2. The van der Waals surface area contributed by atoms with Crippen molar-refractivity contribution in [2.75, 3.05) is 18.4 Å². The number of fused-ring (bicyclic) bond motifs is 4. The van der Waals surface area contributed by atoms with Gasteiger partial charge in [-0.15, -0.1) is 21.5 Å². The van der Waals surface area contributed by atoms with Crippen LogP contribution in [-0.2, 0) is 26.0 Å². The zero-order chi connectivity index (χ0) is 43.2. The first kappa shape index (κ1) is 40.9. The van der Waals surface area contributed by atoms with Gasteiger partial charge in [0.15, 0.2) is 5.82 Å². The van der Waals surface area contributed by atoms with Crippen LogP contribution in [0.5, 0.6) is 0 Å². The fraction of sp³-hybridized carbons (Fsp3) is 0.217. The summed E-state index contributed by atoms with van der Waals surface area (Å²) in [5.41, 5.74) is 10.3. The largest absolute Gasteiger partial charge is 0.469 e. The molecule has 1 aliphatic heterocycles. The molecular weight excluding hydrogens is 809 g/mol. The highest BCUT2D eigenvalue weighted by Crippen LogP contribution is 2.40. The number of anilines is 1. The van der Waals surface area contributed by atoms with Gasteiger partial charge in [-0.1, -0.05) is 48.5 Å². The third kappa shape index (κ3) is 7.71. The molecule has 0 unspecified atom stereocenters. The van der Waals surface area contributed by atoms with Crippen molar-refractivity contribution in [1.29, 1.82) is 5.26 Å². The van der Waals surface area contributed by atoms with E-state index in [2.05, 4.69) is 45.1 Å². The highest BCUT2D eigenvalue weighted by atomic mass is 32.2. The molecule has 0 bridgehead atoms. The molecule has 15 heteroatoms. The molecule has 4 aromatic carbocycles. The summed E-state index contributed by atoms with van der Waals surface area (Å²) in [6.07, 6.45) is 2.10. The molecule has 0 saturated carbocycles. The summed E-state index contributed by atoms with van der Waals surface area (Å²) in [5.74, 6) is 0.726. The zero-order valence-corrected chi connectivity index (χ0v) is 36.0. The van der Waals surface area contributed by atoms with Crippen LogP contribution in [0, 0.1) is 45.9 Å². The van der Waals surface area contributed by atoms with Crippen LogP contribution in [-0.4, -0.2) is 59.4 Å². The number of aromatic amines is 1. The Morgan fingerprint density at radius 2 is 1.67 bits per heavy atom. The molecule has 0 aliphatic carbocycles. The molecule has 0 radical (unpaired) electrons. The number of hydrogen-bond donors (Lipinski definition) is 3. The number of ether oxygens (including phenoxy) is 1. The van der Waals surface area contributed by atoms with Gasteiger partial charge >= 0.3 is 5.97 Å². The number of nitrogens with one attached hydrogen (secondary N) is 3. The number of carbonyl (C=O) groups excluding carboxylic acids is 2. The van der Waals surface area contributed by atoms with Gasteiger partial charge in [-0.3, -0.25) is 23.9 Å². The predicted molar refractivity (Wildman–Crippen MR) is 236 cm³/mol. The maximum Gasteiger partial charge on any atom is 0.308 e. The molecule has 0 saturated heterocycles. The van der Waals surface area contributed by atoms with E-state index in [1.165, 1.54) is 19.2 Å². The van der Waals surface area contributed by atoms with E-state index in [1.54, 1.807) is 41.8 Å². The van der Waals surface area contributed by atoms with Crippen molar-refractivity contribution >= 4 is 55.5 Å². The molecule has 61 heavy (non-hydrogen) atoms. The number of carbonyl (C=O) groups is 2. The maximum atomic E-state index is 13.3. The Bertz CT molecular complexity index is 3060. The summed E-state index contributed by atoms with van der Waals surface area (Å²) in [6, 6.07) is 25.3. The van der Waals surface area contributed by atoms with Crippen molar-refractivity contribution in [2.24, 2.45) is 4.99 Å². The highest BCUT2D eigenvalue weighted by molar-refractivity contribution is 7.92. The Hall–Kier alpha value is -6.89. The third-order valence-corrected chi connectivity index (χ3v) is 13.7. The van der Waals surface area contributed by atoms with E-state index in [1.807, 2.05) is 67.8 Å². The van der Waals surface area contributed by atoms with Gasteiger partial charge in [0.1, 0.15) is 22.9 Å². The van der Waals surface area contributed by atoms with Gasteiger partial charge < -0.3 is 15.0 Å². The first-order valence-electron chi connectivity index (χ1n) is 19.6. The Kier molecular flexibility index (Phi) is 10.9. The molecule has 7 aromatic rings. The number of hydrogen-bond acceptors (Lipinski definition) is 10. The van der Waals surface area contributed by atoms with E-state index in [0.717, 1.165) is 65.9 Å². The molecule has 13 nitrogen and oxygen atoms in total. The van der Waals surface area contributed by atoms with Crippen LogP contribution in [0.4, 0.5) is 5.69 Å². The molecule has 4 heterocycles. The molecule has 3 N–H and O–H groups in total. The second kappa shape index (κ2) is 16.3. The number of methoxy groups -OCH3 is 1. The number of rotatable bonds is 11. The average Bonchev–Trinajstić information content (AvgIpc) is 3.93. The van der Waals surface area contributed by atoms with Crippen LogP contribution < -0.4 is 10.0 Å². The van der Waals surface area contributed by atoms with Gasteiger partial charge in [0.05, 0.1) is 40.9 Å². The van der Waals surface area contributed by atoms with Crippen LogP contribution in [0.3, 0.4) is 0 Å². The molecule has 1 aliphatic rings. The monoisotopic (exact) mass is 850 g/mol. The number of aromatic nitrogens is 4. The quantitative estimate of drug-likeness (QED) is 0.109. The van der Waals surface area contributed by atoms with E-state index in [0.29, 0.717) is 46.5 Å². The maximum absolute atomic E-state index is 13.3. The van der Waals surface area contributed by atoms with Crippen LogP contribution in [0.1, 0.15) is 78.3 Å². The number of sulfonamides is 1. The second-order valence-corrected chi connectivity index (χ2v) is 17.9. The zero-order valence-electron chi connectivity index (χ0n) is 34.4. The van der Waals surface area contributed by atoms with Crippen molar-refractivity contribution in [1.82, 2.24) is 25.1 Å². The standard InChI is InChI=1S/C46H42N8O5S2/c1-25-7-18-37(43-40(25)34(23-47)24-49-43)53-61(57,58)35-15-8-30(9-16-35)19-20-48-45(56)33-14-17-36(26(2)21-33)31-10-12-32(13-11-31)42-41-27(3)28(4)60-46(41)54-29(5)51-52-44(54)38(50-42)22-39(55)59-6/h7-18,21,24,38,49,53H,19-20,22H2,1-6H3,(H,48,56)/t38-/m0/s1. The number of benzene rings is 4. The number of thiophene rings is 1. The predicted octanol–water partition coefficient (Wildman–Crippen LogP) is 8.12. The highest BCUT2D eigenvalue weighted by Gasteiger charge is 2.32. The summed E-state index contributed by atoms with van der Waals surface area (Å²) in [6.45, 7) is 10.3. The number of esters is 1. The molecule has 1 atom stereocenters. The lowest BCUT2D eigenvalue weighted by molar-refractivity contribution is -0.141. The van der Waals surface area contributed by atoms with Gasteiger partial charge in [0.25, 0.3) is 15.9 Å². The number of nitriles is 1. The first-order chi connectivity index (χ1) is 29.3. The minimum Gasteiger partial charge on any atom is -0.469 e. The molecule has 3 aromatic heterocycles. The van der Waals surface area contributed by atoms with Gasteiger partial charge in [0, 0.05) is 39.7 Å². The SMILES string of the molecule is COC(=O)C[C@@H]1N=C(c2ccc(-c3ccc(C(=O)NCCc4ccc(S(=O)(=O)Nc5ccc(C)c6c(C#N)c[nH]c56)cc4)cc3C)cc2)c2c(sc(C)c2C)-n2c(C)nnc21. The molecule has 0 fully saturated rings. The molecule has 0 spiro atoms. The summed E-state index contributed by atoms with van der Waals surface area (Å²) in [4.78, 5) is 35.2. The molecule has 1 amide bonds. The van der Waals surface area contributed by atoms with Crippen molar-refractivity contribution in [3.63, 3.8) is 0 Å². The number of nitrogens with zero attached hydrogens (tertiary/aromatic N) is 5. The minimum absolute atomic E-state index is 0.0282. The number of aryl methyl sites for hydroxylation is 4. The molecular formula is C46H42N8O5S2. The van der Waals surface area contributed by atoms with Crippen LogP contribution in [0.15, 0.2) is 94.9 Å². The van der Waals surface area contributed by atoms with Crippen molar-refractivity contribution in [3.05, 3.63) is 146 Å². The van der Waals surface area contributed by atoms with Gasteiger partial charge in [-0.25, -0.2) is 8.42 Å². The van der Waals surface area contributed by atoms with Crippen molar-refractivity contribution in [3.8, 4) is 22.2 Å². The van der Waals surface area contributed by atoms with Crippen LogP contribution in [0.25, 0.3) is 27.0 Å². The van der Waals surface area contributed by atoms with Crippen molar-refractivity contribution in [2.45, 2.75) is 58.4 Å². The Labute approximate surface area is 357 Å². The summed E-state index contributed by atoms with van der Waals surface area (Å²) in [7, 11) is -2.54. The van der Waals surface area contributed by atoms with Gasteiger partial charge in [-0.2, -0.15) is 5.26 Å². The molecule has 308 valence electrons. The Morgan fingerprint density at radius 3 is 2.38 bits per heavy atom. The lowest BCUT2D eigenvalue weighted by Gasteiger charge is -2.13. The van der Waals surface area contributed by atoms with Crippen LogP contribution >= 0.6 is 11.3 Å². The smallest absolute Gasteiger partial charge is 0.308 e. The first-order valence-corrected chi connectivity index (χ1v) is 21.9. The van der Waals surface area contributed by atoms with E-state index in [-0.39, 0.29) is 23.2 Å². The lowest BCUT2D eigenvalue weighted by atomic mass is 9.94. The number of amides is 1. The third-order valence-electron chi connectivity index (χ3n) is 11.1. The van der Waals surface area contributed by atoms with E-state index < -0.39 is 16.1 Å². The normalized spacial score (nSPS) is 13.5. The minimum atomic E-state index is -3.91. The summed E-state index contributed by atoms with van der Waals surface area (Å²) >= 11 is 1.65. The fourth-order valence-corrected chi connectivity index (χ4v) is 10.0. The van der Waals surface area contributed by atoms with E-state index in [9.17, 15) is 23.3 Å². The Morgan fingerprint density at radius 1 is 0.934 bits per heavy atom. The van der Waals surface area contributed by atoms with Gasteiger partial charge in [-0.05, 0) is 105 Å². The van der Waals surface area contributed by atoms with Crippen LogP contribution in [0.2, 0.25) is 0 Å². The average molecular weight is 851 g/mol. The topological polar surface area (TPSA) is 184 Å². The number of H-pyrrole nitrogens is 1. The molecule has 8 rings (SSSR count). The second-order valence-electron chi connectivity index (χ2n) is 15.0. The lowest BCUT2D eigenvalue weighted by Crippen LogP contribution is -2.25. The summed E-state index contributed by atoms with van der Waals surface area (Å²) in [5, 5.41) is 22.9. The van der Waals surface area contributed by atoms with E-state index in [4.69, 9.17) is 9.73 Å². The Balaban J connectivity index is 0.932. The van der Waals surface area contributed by atoms with Gasteiger partial charge in [0.2, 0.25) is 0 Å². The van der Waals surface area contributed by atoms with E-state index >= 15 is 0 Å². The van der Waals surface area contributed by atoms with Crippen molar-refractivity contribution < 1.29 is 22.7 Å². The number of aliphatic imine (C=N–C) groups is 1.